The van der Waals surface area contributed by atoms with Crippen LogP contribution in [0.2, 0.25) is 0 Å². The van der Waals surface area contributed by atoms with Crippen molar-refractivity contribution in [1.82, 2.24) is 27.9 Å². The molecule has 0 spiro atoms. The van der Waals surface area contributed by atoms with Crippen molar-refractivity contribution in [2.45, 2.75) is 0 Å². The first-order chi connectivity index (χ1) is 23.7. The van der Waals surface area contributed by atoms with Crippen LogP contribution in [0.5, 0.6) is 0 Å². The Bertz CT molecular complexity index is 2920. The minimum Gasteiger partial charge on any atom is -0.309 e. The van der Waals surface area contributed by atoms with E-state index in [1.807, 2.05) is 48.5 Å². The third-order valence-corrected chi connectivity index (χ3v) is 9.25. The van der Waals surface area contributed by atoms with Crippen LogP contribution in [0.15, 0.2) is 133 Å². The summed E-state index contributed by atoms with van der Waals surface area (Å²) in [6.07, 6.45) is 0. The van der Waals surface area contributed by atoms with E-state index in [0.29, 0.717) is 22.7 Å². The van der Waals surface area contributed by atoms with Crippen molar-refractivity contribution in [2.24, 2.45) is 0 Å². The Hall–Kier alpha value is -7.16. The number of rotatable bonds is 2. The molecule has 4 heterocycles. The molecule has 4 aromatic heterocycles. The molecule has 0 saturated carbocycles. The van der Waals surface area contributed by atoms with Crippen molar-refractivity contribution in [2.75, 3.05) is 0 Å². The second-order valence-corrected chi connectivity index (χ2v) is 11.8. The number of imidazole rings is 2. The van der Waals surface area contributed by atoms with Gasteiger partial charge in [-0.2, -0.15) is 10.5 Å². The molecule has 0 N–H and O–H groups in total. The van der Waals surface area contributed by atoms with Crippen LogP contribution in [-0.2, 0) is 0 Å². The molecule has 0 aliphatic carbocycles. The highest BCUT2D eigenvalue weighted by Crippen LogP contribution is 2.34. The third-order valence-electron chi connectivity index (χ3n) is 9.25. The van der Waals surface area contributed by atoms with E-state index in [0.717, 1.165) is 55.5 Å². The Labute approximate surface area is 272 Å². The number of nitrogens with zero attached hydrogens (tertiary/aromatic N) is 8. The molecule has 0 aliphatic heterocycles. The Morgan fingerprint density at radius 1 is 0.417 bits per heavy atom. The van der Waals surface area contributed by atoms with Crippen molar-refractivity contribution >= 4 is 66.5 Å². The van der Waals surface area contributed by atoms with E-state index in [4.69, 9.17) is 9.97 Å². The zero-order valence-corrected chi connectivity index (χ0v) is 25.3. The molecule has 10 aromatic rings. The lowest BCUT2D eigenvalue weighted by atomic mass is 10.1. The monoisotopic (exact) mass is 614 g/mol. The van der Waals surface area contributed by atoms with E-state index in [-0.39, 0.29) is 0 Å². The average molecular weight is 615 g/mol. The molecule has 6 aromatic carbocycles. The fraction of sp³-hybridized carbons (Fsp3) is 0. The summed E-state index contributed by atoms with van der Waals surface area (Å²) in [6.45, 7) is 0. The highest BCUT2D eigenvalue weighted by Gasteiger charge is 2.21. The van der Waals surface area contributed by atoms with E-state index >= 15 is 0 Å². The SMILES string of the molecule is N#Cc1cc2c(cc1C#N)n1c3ccccc3nc1n(-c1cccc(-n3c4ccccc4c4ccccc43)c1)c1nc3ccccc3n21. The molecule has 48 heavy (non-hydrogen) atoms. The summed E-state index contributed by atoms with van der Waals surface area (Å²) in [5.41, 5.74) is 9.51. The number of nitriles is 2. The molecule has 8 heteroatoms. The molecule has 0 fully saturated rings. The van der Waals surface area contributed by atoms with Gasteiger partial charge >= 0.3 is 0 Å². The fourth-order valence-electron chi connectivity index (χ4n) is 7.21. The first-order valence-corrected chi connectivity index (χ1v) is 15.6. The lowest BCUT2D eigenvalue weighted by molar-refractivity contribution is 1.02. The number of benzene rings is 6. The van der Waals surface area contributed by atoms with Crippen LogP contribution in [-0.4, -0.2) is 27.9 Å². The van der Waals surface area contributed by atoms with Gasteiger partial charge in [0.15, 0.2) is 0 Å². The molecular formula is C40H22N8. The van der Waals surface area contributed by atoms with Gasteiger partial charge in [-0.3, -0.25) is 8.80 Å². The molecule has 0 aliphatic rings. The number of hydrogen-bond donors (Lipinski definition) is 0. The lowest BCUT2D eigenvalue weighted by Gasteiger charge is -2.12. The highest BCUT2D eigenvalue weighted by molar-refractivity contribution is 6.09. The van der Waals surface area contributed by atoms with Crippen molar-refractivity contribution < 1.29 is 0 Å². The van der Waals surface area contributed by atoms with Crippen molar-refractivity contribution in [3.63, 3.8) is 0 Å². The van der Waals surface area contributed by atoms with Crippen LogP contribution in [0.4, 0.5) is 0 Å². The zero-order chi connectivity index (χ0) is 31.9. The minimum atomic E-state index is 0.299. The van der Waals surface area contributed by atoms with Crippen LogP contribution in [0.1, 0.15) is 11.1 Å². The summed E-state index contributed by atoms with van der Waals surface area (Å²) >= 11 is 0. The molecule has 222 valence electrons. The maximum absolute atomic E-state index is 10.1. The molecule has 8 nitrogen and oxygen atoms in total. The molecule has 0 amide bonds. The average Bonchev–Trinajstić information content (AvgIpc) is 3.79. The Balaban J connectivity index is 1.43. The second kappa shape index (κ2) is 9.67. The van der Waals surface area contributed by atoms with E-state index in [1.165, 1.54) is 10.8 Å². The number of para-hydroxylation sites is 6. The molecule has 0 radical (unpaired) electrons. The summed E-state index contributed by atoms with van der Waals surface area (Å²) in [5.74, 6) is 1.25. The molecule has 10 rings (SSSR count). The molecule has 0 saturated heterocycles. The Morgan fingerprint density at radius 3 is 1.35 bits per heavy atom. The lowest BCUT2D eigenvalue weighted by Crippen LogP contribution is -2.03. The molecule has 0 unspecified atom stereocenters. The van der Waals surface area contributed by atoms with E-state index in [2.05, 4.69) is 103 Å². The predicted octanol–water partition coefficient (Wildman–Crippen LogP) is 8.63. The number of hydrogen-bond acceptors (Lipinski definition) is 4. The van der Waals surface area contributed by atoms with Crippen LogP contribution in [0.3, 0.4) is 0 Å². The zero-order valence-electron chi connectivity index (χ0n) is 25.3. The number of fused-ring (bicyclic) bond motifs is 12. The van der Waals surface area contributed by atoms with Gasteiger partial charge < -0.3 is 4.57 Å². The second-order valence-electron chi connectivity index (χ2n) is 11.8. The third kappa shape index (κ3) is 3.46. The first kappa shape index (κ1) is 26.1. The molecule has 0 bridgehead atoms. The van der Waals surface area contributed by atoms with Gasteiger partial charge in [-0.15, -0.1) is 0 Å². The normalized spacial score (nSPS) is 11.7. The highest BCUT2D eigenvalue weighted by atomic mass is 15.3. The van der Waals surface area contributed by atoms with E-state index < -0.39 is 0 Å². The van der Waals surface area contributed by atoms with Gasteiger partial charge in [-0.05, 0) is 66.7 Å². The number of aromatic nitrogens is 6. The minimum absolute atomic E-state index is 0.299. The summed E-state index contributed by atoms with van der Waals surface area (Å²) in [5, 5.41) is 22.6. The van der Waals surface area contributed by atoms with Gasteiger partial charge in [0, 0.05) is 16.5 Å². The van der Waals surface area contributed by atoms with Crippen molar-refractivity contribution in [1.29, 1.82) is 10.5 Å². The topological polar surface area (TPSA) is 92.0 Å². The van der Waals surface area contributed by atoms with Crippen LogP contribution in [0, 0.1) is 22.7 Å². The largest absolute Gasteiger partial charge is 0.309 e. The molecule has 0 atom stereocenters. The first-order valence-electron chi connectivity index (χ1n) is 15.6. The van der Waals surface area contributed by atoms with Gasteiger partial charge in [0.2, 0.25) is 11.6 Å². The van der Waals surface area contributed by atoms with Crippen LogP contribution >= 0.6 is 0 Å². The maximum Gasteiger partial charge on any atom is 0.223 e. The van der Waals surface area contributed by atoms with Gasteiger partial charge in [0.25, 0.3) is 0 Å². The van der Waals surface area contributed by atoms with Crippen LogP contribution < -0.4 is 0 Å². The van der Waals surface area contributed by atoms with Crippen LogP contribution in [0.25, 0.3) is 77.8 Å². The smallest absolute Gasteiger partial charge is 0.223 e. The van der Waals surface area contributed by atoms with Gasteiger partial charge in [0.05, 0.1) is 60.9 Å². The van der Waals surface area contributed by atoms with Gasteiger partial charge in [-0.25, -0.2) is 14.5 Å². The Morgan fingerprint density at radius 2 is 0.854 bits per heavy atom. The quantitative estimate of drug-likeness (QED) is 0.195. The predicted molar refractivity (Wildman–Crippen MR) is 188 cm³/mol. The molecular weight excluding hydrogens is 592 g/mol. The Kier molecular flexibility index (Phi) is 5.26. The van der Waals surface area contributed by atoms with Crippen molar-refractivity contribution in [3.05, 3.63) is 145 Å². The van der Waals surface area contributed by atoms with Gasteiger partial charge in [0.1, 0.15) is 12.1 Å². The summed E-state index contributed by atoms with van der Waals surface area (Å²) in [4.78, 5) is 10.4. The summed E-state index contributed by atoms with van der Waals surface area (Å²) in [6, 6.07) is 49.4. The summed E-state index contributed by atoms with van der Waals surface area (Å²) < 4.78 is 8.52. The standard InChI is InChI=1S/C40H22N8/c41-23-25-20-37-38(21-26(25)24-42)48-36-19-8-4-15-32(36)44-40(48)46(39-43-31-14-3-7-18-35(31)47(37)39)28-11-9-10-27(22-28)45-33-16-5-1-12-29(33)30-13-2-6-17-34(30)45/h1-22H. The maximum atomic E-state index is 10.1. The van der Waals surface area contributed by atoms with Crippen molar-refractivity contribution in [3.8, 4) is 23.5 Å². The summed E-state index contributed by atoms with van der Waals surface area (Å²) in [7, 11) is 0. The van der Waals surface area contributed by atoms with E-state index in [1.54, 1.807) is 12.1 Å². The van der Waals surface area contributed by atoms with Gasteiger partial charge in [-0.1, -0.05) is 66.7 Å². The van der Waals surface area contributed by atoms with E-state index in [9.17, 15) is 10.5 Å². The fourth-order valence-corrected chi connectivity index (χ4v) is 7.21.